The molecule has 0 saturated carbocycles. The molecule has 94 valence electrons. The zero-order valence-electron chi connectivity index (χ0n) is 10.5. The van der Waals surface area contributed by atoms with Gasteiger partial charge in [-0.25, -0.2) is 0 Å². The lowest BCUT2D eigenvalue weighted by Gasteiger charge is -2.09. The average Bonchev–Trinajstić information content (AvgIpc) is 2.47. The van der Waals surface area contributed by atoms with E-state index in [9.17, 15) is 5.11 Å². The second-order valence-corrected chi connectivity index (χ2v) is 4.26. The molecule has 3 heteroatoms. The van der Waals surface area contributed by atoms with Crippen LogP contribution in [-0.2, 0) is 0 Å². The Morgan fingerprint density at radius 2 is 1.84 bits per heavy atom. The maximum absolute atomic E-state index is 10.1. The number of fused-ring (bicyclic) bond motifs is 1. The van der Waals surface area contributed by atoms with E-state index >= 15 is 0 Å². The third kappa shape index (κ3) is 1.99. The van der Waals surface area contributed by atoms with Gasteiger partial charge in [-0.15, -0.1) is 0 Å². The normalized spacial score (nSPS) is 10.6. The number of pyridine rings is 1. The van der Waals surface area contributed by atoms with Crippen molar-refractivity contribution >= 4 is 10.9 Å². The third-order valence-corrected chi connectivity index (χ3v) is 3.13. The Labute approximate surface area is 111 Å². The fourth-order valence-corrected chi connectivity index (χ4v) is 2.18. The number of hydrogen-bond donors (Lipinski definition) is 1. The van der Waals surface area contributed by atoms with Gasteiger partial charge in [-0.05, 0) is 24.3 Å². The summed E-state index contributed by atoms with van der Waals surface area (Å²) < 4.78 is 5.21. The molecule has 0 unspecified atom stereocenters. The fourth-order valence-electron chi connectivity index (χ4n) is 2.18. The molecule has 19 heavy (non-hydrogen) atoms. The van der Waals surface area contributed by atoms with E-state index in [2.05, 4.69) is 4.98 Å². The van der Waals surface area contributed by atoms with Gasteiger partial charge in [0.15, 0.2) is 0 Å². The van der Waals surface area contributed by atoms with Gasteiger partial charge in [0.25, 0.3) is 0 Å². The number of rotatable bonds is 2. The van der Waals surface area contributed by atoms with Crippen LogP contribution in [0.15, 0.2) is 54.7 Å². The second-order valence-electron chi connectivity index (χ2n) is 4.26. The van der Waals surface area contributed by atoms with E-state index in [4.69, 9.17) is 4.74 Å². The zero-order chi connectivity index (χ0) is 13.2. The number of ether oxygens (including phenoxy) is 1. The predicted octanol–water partition coefficient (Wildman–Crippen LogP) is 3.62. The standard InChI is InChI=1S/C16H13NO2/c1-19-12-7-8-15(18)14(10-12)13-6-2-4-11-5-3-9-17-16(11)13/h2-10,18H,1H3. The highest BCUT2D eigenvalue weighted by atomic mass is 16.5. The molecule has 0 saturated heterocycles. The molecule has 3 aromatic rings. The summed E-state index contributed by atoms with van der Waals surface area (Å²) in [5.74, 6) is 0.930. The van der Waals surface area contributed by atoms with Crippen molar-refractivity contribution in [3.8, 4) is 22.6 Å². The van der Waals surface area contributed by atoms with E-state index < -0.39 is 0 Å². The smallest absolute Gasteiger partial charge is 0.123 e. The largest absolute Gasteiger partial charge is 0.507 e. The molecule has 1 heterocycles. The highest BCUT2D eigenvalue weighted by molar-refractivity contribution is 5.95. The minimum absolute atomic E-state index is 0.221. The van der Waals surface area contributed by atoms with Crippen LogP contribution in [0.4, 0.5) is 0 Å². The van der Waals surface area contributed by atoms with Gasteiger partial charge >= 0.3 is 0 Å². The quantitative estimate of drug-likeness (QED) is 0.756. The first kappa shape index (κ1) is 11.5. The SMILES string of the molecule is COc1ccc(O)c(-c2cccc3cccnc23)c1. The molecule has 0 aliphatic heterocycles. The highest BCUT2D eigenvalue weighted by Gasteiger charge is 2.10. The van der Waals surface area contributed by atoms with Crippen molar-refractivity contribution in [1.29, 1.82) is 0 Å². The Morgan fingerprint density at radius 1 is 1.00 bits per heavy atom. The summed E-state index contributed by atoms with van der Waals surface area (Å²) >= 11 is 0. The molecule has 0 aliphatic rings. The summed E-state index contributed by atoms with van der Waals surface area (Å²) in [5, 5.41) is 11.1. The number of methoxy groups -OCH3 is 1. The molecule has 0 radical (unpaired) electrons. The van der Waals surface area contributed by atoms with Crippen molar-refractivity contribution < 1.29 is 9.84 Å². The van der Waals surface area contributed by atoms with Gasteiger partial charge in [-0.3, -0.25) is 4.98 Å². The van der Waals surface area contributed by atoms with Gasteiger partial charge in [0.1, 0.15) is 11.5 Å². The fraction of sp³-hybridized carbons (Fsp3) is 0.0625. The van der Waals surface area contributed by atoms with Crippen molar-refractivity contribution in [1.82, 2.24) is 4.98 Å². The minimum atomic E-state index is 0.221. The van der Waals surface area contributed by atoms with Crippen LogP contribution in [0.5, 0.6) is 11.5 Å². The van der Waals surface area contributed by atoms with Crippen molar-refractivity contribution in [3.05, 3.63) is 54.7 Å². The van der Waals surface area contributed by atoms with E-state index in [1.54, 1.807) is 25.4 Å². The van der Waals surface area contributed by atoms with Crippen LogP contribution in [0.25, 0.3) is 22.0 Å². The monoisotopic (exact) mass is 251 g/mol. The predicted molar refractivity (Wildman–Crippen MR) is 75.4 cm³/mol. The van der Waals surface area contributed by atoms with Crippen LogP contribution in [0.1, 0.15) is 0 Å². The minimum Gasteiger partial charge on any atom is -0.507 e. The molecule has 1 N–H and O–H groups in total. The second kappa shape index (κ2) is 4.61. The number of benzene rings is 2. The summed E-state index contributed by atoms with van der Waals surface area (Å²) in [6, 6.07) is 15.0. The Balaban J connectivity index is 2.30. The number of aromatic nitrogens is 1. The van der Waals surface area contributed by atoms with E-state index in [1.807, 2.05) is 36.4 Å². The average molecular weight is 251 g/mol. The number of para-hydroxylation sites is 1. The lowest BCUT2D eigenvalue weighted by atomic mass is 10.0. The molecule has 3 nitrogen and oxygen atoms in total. The number of hydrogen-bond acceptors (Lipinski definition) is 3. The lowest BCUT2D eigenvalue weighted by Crippen LogP contribution is -1.87. The summed E-state index contributed by atoms with van der Waals surface area (Å²) in [7, 11) is 1.61. The number of aromatic hydroxyl groups is 1. The molecule has 0 aliphatic carbocycles. The van der Waals surface area contributed by atoms with E-state index in [0.29, 0.717) is 5.75 Å². The molecule has 3 rings (SSSR count). The maximum Gasteiger partial charge on any atom is 0.123 e. The van der Waals surface area contributed by atoms with E-state index in [0.717, 1.165) is 22.0 Å². The highest BCUT2D eigenvalue weighted by Crippen LogP contribution is 2.35. The van der Waals surface area contributed by atoms with Crippen LogP contribution < -0.4 is 4.74 Å². The molecule has 0 atom stereocenters. The molecule has 0 spiro atoms. The van der Waals surface area contributed by atoms with Crippen molar-refractivity contribution in [2.45, 2.75) is 0 Å². The van der Waals surface area contributed by atoms with Crippen molar-refractivity contribution in [2.75, 3.05) is 7.11 Å². The van der Waals surface area contributed by atoms with Crippen LogP contribution in [0.2, 0.25) is 0 Å². The van der Waals surface area contributed by atoms with Gasteiger partial charge in [-0.1, -0.05) is 24.3 Å². The zero-order valence-corrected chi connectivity index (χ0v) is 10.5. The third-order valence-electron chi connectivity index (χ3n) is 3.13. The lowest BCUT2D eigenvalue weighted by molar-refractivity contribution is 0.412. The van der Waals surface area contributed by atoms with Crippen LogP contribution >= 0.6 is 0 Å². The van der Waals surface area contributed by atoms with E-state index in [-0.39, 0.29) is 5.75 Å². The Kier molecular flexibility index (Phi) is 2.80. The van der Waals surface area contributed by atoms with Crippen molar-refractivity contribution in [3.63, 3.8) is 0 Å². The molecule has 1 aromatic heterocycles. The number of phenolic OH excluding ortho intramolecular Hbond substituents is 1. The molecule has 0 fully saturated rings. The van der Waals surface area contributed by atoms with Gasteiger partial charge < -0.3 is 9.84 Å². The summed E-state index contributed by atoms with van der Waals surface area (Å²) in [6.07, 6.45) is 1.75. The molecular weight excluding hydrogens is 238 g/mol. The topological polar surface area (TPSA) is 42.4 Å². The first-order chi connectivity index (χ1) is 9.29. The van der Waals surface area contributed by atoms with Crippen LogP contribution in [-0.4, -0.2) is 17.2 Å². The first-order valence-electron chi connectivity index (χ1n) is 6.01. The van der Waals surface area contributed by atoms with Gasteiger partial charge in [0, 0.05) is 22.7 Å². The summed E-state index contributed by atoms with van der Waals surface area (Å²) in [6.45, 7) is 0. The Morgan fingerprint density at radius 3 is 2.68 bits per heavy atom. The molecular formula is C16H13NO2. The number of phenols is 1. The van der Waals surface area contributed by atoms with E-state index in [1.165, 1.54) is 0 Å². The molecule has 2 aromatic carbocycles. The number of nitrogens with zero attached hydrogens (tertiary/aromatic N) is 1. The van der Waals surface area contributed by atoms with Gasteiger partial charge in [0.2, 0.25) is 0 Å². The van der Waals surface area contributed by atoms with Crippen LogP contribution in [0, 0.1) is 0 Å². The van der Waals surface area contributed by atoms with Crippen LogP contribution in [0.3, 0.4) is 0 Å². The maximum atomic E-state index is 10.1. The van der Waals surface area contributed by atoms with Gasteiger partial charge in [0.05, 0.1) is 12.6 Å². The van der Waals surface area contributed by atoms with Gasteiger partial charge in [-0.2, -0.15) is 0 Å². The molecule has 0 amide bonds. The first-order valence-corrected chi connectivity index (χ1v) is 6.01. The van der Waals surface area contributed by atoms with Crippen molar-refractivity contribution in [2.24, 2.45) is 0 Å². The Hall–Kier alpha value is -2.55. The summed E-state index contributed by atoms with van der Waals surface area (Å²) in [4.78, 5) is 4.40. The summed E-state index contributed by atoms with van der Waals surface area (Å²) in [5.41, 5.74) is 2.49. The Bertz CT molecular complexity index is 732. The molecule has 0 bridgehead atoms.